The zero-order valence-corrected chi connectivity index (χ0v) is 19.7. The highest BCUT2D eigenvalue weighted by Gasteiger charge is 2.40. The van der Waals surface area contributed by atoms with Gasteiger partial charge in [0.2, 0.25) is 0 Å². The zero-order valence-electron chi connectivity index (χ0n) is 18.9. The molecule has 3 amide bonds. The van der Waals surface area contributed by atoms with E-state index in [2.05, 4.69) is 10.4 Å². The number of nitrogens with one attached hydrogen (secondary N) is 1. The first-order chi connectivity index (χ1) is 16.5. The summed E-state index contributed by atoms with van der Waals surface area (Å²) < 4.78 is 15.2. The predicted octanol–water partition coefficient (Wildman–Crippen LogP) is 3.67. The Morgan fingerprint density at radius 3 is 2.54 bits per heavy atom. The molecule has 0 saturated heterocycles. The van der Waals surface area contributed by atoms with E-state index in [-0.39, 0.29) is 29.4 Å². The minimum Gasteiger partial charge on any atom is -0.388 e. The molecule has 11 heteroatoms. The number of rotatable bonds is 4. The highest BCUT2D eigenvalue weighted by Crippen LogP contribution is 2.36. The number of nitrogens with two attached hydrogens (primary N) is 1. The number of carbonyl (C=O) groups excluding carboxylic acids is 2. The van der Waals surface area contributed by atoms with E-state index in [4.69, 9.17) is 22.6 Å². The number of halogens is 2. The summed E-state index contributed by atoms with van der Waals surface area (Å²) in [6.07, 6.45) is 0. The summed E-state index contributed by atoms with van der Waals surface area (Å²) >= 11 is 5.94. The molecule has 180 valence electrons. The van der Waals surface area contributed by atoms with Crippen molar-refractivity contribution in [2.45, 2.75) is 32.0 Å². The second-order valence-corrected chi connectivity index (χ2v) is 9.18. The van der Waals surface area contributed by atoms with Crippen molar-refractivity contribution in [1.29, 1.82) is 5.26 Å². The number of nitrogens with zero attached hydrogens (tertiary/aromatic N) is 4. The molecule has 0 radical (unpaired) electrons. The molecule has 0 bridgehead atoms. The molecule has 2 aromatic carbocycles. The third-order valence-electron chi connectivity index (χ3n) is 5.85. The monoisotopic (exact) mass is 496 g/mol. The Hall–Kier alpha value is -3.94. The first-order valence-corrected chi connectivity index (χ1v) is 11.0. The first-order valence-electron chi connectivity index (χ1n) is 10.6. The molecular weight excluding hydrogens is 475 g/mol. The lowest BCUT2D eigenvalue weighted by Gasteiger charge is -2.39. The summed E-state index contributed by atoms with van der Waals surface area (Å²) in [5.74, 6) is -1.41. The van der Waals surface area contributed by atoms with Gasteiger partial charge in [-0.05, 0) is 56.3 Å². The number of amides is 3. The van der Waals surface area contributed by atoms with Gasteiger partial charge in [0.05, 0.1) is 46.1 Å². The number of hydrogen-bond acceptors (Lipinski definition) is 5. The summed E-state index contributed by atoms with van der Waals surface area (Å²) in [6, 6.07) is 11.1. The Balaban J connectivity index is 1.76. The molecule has 0 aliphatic carbocycles. The Morgan fingerprint density at radius 2 is 1.97 bits per heavy atom. The van der Waals surface area contributed by atoms with E-state index in [1.54, 1.807) is 38.1 Å². The number of fused-ring (bicyclic) bond motifs is 1. The van der Waals surface area contributed by atoms with Crippen molar-refractivity contribution in [2.75, 3.05) is 11.9 Å². The summed E-state index contributed by atoms with van der Waals surface area (Å²) in [7, 11) is 0. The number of nitriles is 1. The van der Waals surface area contributed by atoms with Gasteiger partial charge >= 0.3 is 6.03 Å². The molecule has 9 nitrogen and oxygen atoms in total. The van der Waals surface area contributed by atoms with Gasteiger partial charge in [-0.3, -0.25) is 9.48 Å². The van der Waals surface area contributed by atoms with Crippen LogP contribution < -0.4 is 11.1 Å². The Morgan fingerprint density at radius 1 is 1.29 bits per heavy atom. The number of benzene rings is 2. The number of carbonyl (C=O) groups is 2. The molecule has 0 saturated carbocycles. The van der Waals surface area contributed by atoms with Crippen LogP contribution in [-0.4, -0.2) is 43.9 Å². The SMILES string of the molecule is CC(C)(O)[C@H]1CN(C(=O)Nc2ccc(C#N)cc2)Cc2c(C(N)=O)c(-c3ccc(F)c(Cl)c3)nn21. The van der Waals surface area contributed by atoms with Gasteiger partial charge in [0, 0.05) is 17.8 Å². The van der Waals surface area contributed by atoms with Crippen LogP contribution in [0.2, 0.25) is 5.02 Å². The fraction of sp³-hybridized carbons (Fsp3) is 0.250. The van der Waals surface area contributed by atoms with Gasteiger partial charge in [-0.2, -0.15) is 10.4 Å². The molecular formula is C24H22ClFN6O3. The third kappa shape index (κ3) is 4.69. The molecule has 1 aliphatic rings. The minimum absolute atomic E-state index is 0.0190. The average Bonchev–Trinajstić information content (AvgIpc) is 3.19. The topological polar surface area (TPSA) is 137 Å². The molecule has 0 unspecified atom stereocenters. The van der Waals surface area contributed by atoms with Crippen LogP contribution in [0, 0.1) is 17.1 Å². The van der Waals surface area contributed by atoms with Gasteiger partial charge < -0.3 is 21.1 Å². The van der Waals surface area contributed by atoms with Gasteiger partial charge in [0.15, 0.2) is 0 Å². The van der Waals surface area contributed by atoms with Crippen LogP contribution in [0.5, 0.6) is 0 Å². The standard InChI is InChI=1S/C24H22ClFN6O3/c1-24(2,35)19-12-31(23(34)29-15-6-3-13(10-27)4-7-15)11-18-20(22(28)33)21(30-32(18)19)14-5-8-17(26)16(25)9-14/h3-9,19,35H,11-12H2,1-2H3,(H2,28,33)(H,29,34)/t19-/m1/s1. The van der Waals surface area contributed by atoms with Crippen molar-refractivity contribution in [2.24, 2.45) is 5.73 Å². The van der Waals surface area contributed by atoms with Crippen LogP contribution >= 0.6 is 11.6 Å². The van der Waals surface area contributed by atoms with Crippen molar-refractivity contribution in [1.82, 2.24) is 14.7 Å². The molecule has 4 N–H and O–H groups in total. The lowest BCUT2D eigenvalue weighted by Crippen LogP contribution is -2.50. The van der Waals surface area contributed by atoms with Crippen molar-refractivity contribution < 1.29 is 19.1 Å². The normalized spacial score (nSPS) is 15.3. The molecule has 0 fully saturated rings. The lowest BCUT2D eigenvalue weighted by molar-refractivity contribution is -0.00374. The number of hydrogen-bond donors (Lipinski definition) is 3. The highest BCUT2D eigenvalue weighted by atomic mass is 35.5. The van der Waals surface area contributed by atoms with E-state index in [1.807, 2.05) is 6.07 Å². The Bertz CT molecular complexity index is 1360. The average molecular weight is 497 g/mol. The van der Waals surface area contributed by atoms with Gasteiger partial charge in [-0.25, -0.2) is 9.18 Å². The highest BCUT2D eigenvalue weighted by molar-refractivity contribution is 6.31. The van der Waals surface area contributed by atoms with Crippen molar-refractivity contribution in [3.05, 3.63) is 70.1 Å². The second kappa shape index (κ2) is 9.02. The van der Waals surface area contributed by atoms with Gasteiger partial charge in [0.25, 0.3) is 5.91 Å². The van der Waals surface area contributed by atoms with Crippen LogP contribution in [0.1, 0.15) is 41.5 Å². The van der Waals surface area contributed by atoms with Crippen molar-refractivity contribution >= 4 is 29.2 Å². The number of aromatic nitrogens is 2. The van der Waals surface area contributed by atoms with Crippen LogP contribution in [0.25, 0.3) is 11.3 Å². The van der Waals surface area contributed by atoms with Crippen LogP contribution in [0.3, 0.4) is 0 Å². The van der Waals surface area contributed by atoms with Crippen molar-refractivity contribution in [3.8, 4) is 17.3 Å². The van der Waals surface area contributed by atoms with Gasteiger partial charge in [0.1, 0.15) is 11.5 Å². The quantitative estimate of drug-likeness (QED) is 0.506. The number of urea groups is 1. The maximum absolute atomic E-state index is 13.7. The zero-order chi connectivity index (χ0) is 25.5. The second-order valence-electron chi connectivity index (χ2n) is 8.78. The first kappa shape index (κ1) is 24.2. The van der Waals surface area contributed by atoms with Gasteiger partial charge in [-0.15, -0.1) is 0 Å². The predicted molar refractivity (Wildman–Crippen MR) is 127 cm³/mol. The summed E-state index contributed by atoms with van der Waals surface area (Å²) in [4.78, 5) is 27.1. The lowest BCUT2D eigenvalue weighted by atomic mass is 9.95. The molecule has 35 heavy (non-hydrogen) atoms. The van der Waals surface area contributed by atoms with E-state index in [0.717, 1.165) is 6.07 Å². The fourth-order valence-corrected chi connectivity index (χ4v) is 4.20. The van der Waals surface area contributed by atoms with E-state index in [0.29, 0.717) is 22.5 Å². The largest absolute Gasteiger partial charge is 0.388 e. The van der Waals surface area contributed by atoms with E-state index in [1.165, 1.54) is 21.7 Å². The van der Waals surface area contributed by atoms with Crippen LogP contribution in [0.4, 0.5) is 14.9 Å². The maximum Gasteiger partial charge on any atom is 0.322 e. The molecule has 3 aromatic rings. The van der Waals surface area contributed by atoms with E-state index in [9.17, 15) is 19.1 Å². The van der Waals surface area contributed by atoms with Gasteiger partial charge in [-0.1, -0.05) is 11.6 Å². The smallest absolute Gasteiger partial charge is 0.322 e. The number of aliphatic hydroxyl groups is 1. The summed E-state index contributed by atoms with van der Waals surface area (Å²) in [6.45, 7) is 3.21. The van der Waals surface area contributed by atoms with E-state index >= 15 is 0 Å². The fourth-order valence-electron chi connectivity index (χ4n) is 4.02. The Kier molecular flexibility index (Phi) is 6.23. The molecule has 1 aromatic heterocycles. The molecule has 1 atom stereocenters. The molecule has 4 rings (SSSR count). The molecule has 0 spiro atoms. The molecule has 2 heterocycles. The van der Waals surface area contributed by atoms with Crippen LogP contribution in [0.15, 0.2) is 42.5 Å². The third-order valence-corrected chi connectivity index (χ3v) is 6.14. The number of primary amides is 1. The van der Waals surface area contributed by atoms with E-state index < -0.39 is 29.4 Å². The minimum atomic E-state index is -1.33. The molecule has 1 aliphatic heterocycles. The van der Waals surface area contributed by atoms with Crippen molar-refractivity contribution in [3.63, 3.8) is 0 Å². The summed E-state index contributed by atoms with van der Waals surface area (Å²) in [5, 5.41) is 27.0. The van der Waals surface area contributed by atoms with Crippen LogP contribution in [-0.2, 0) is 6.54 Å². The maximum atomic E-state index is 13.7. The Labute approximate surface area is 205 Å². The number of anilines is 1. The summed E-state index contributed by atoms with van der Waals surface area (Å²) in [5.41, 5.74) is 6.24.